The number of hydrogen-bond acceptors (Lipinski definition) is 5. The Balaban J connectivity index is 2.52. The Bertz CT molecular complexity index is 622. The molecule has 16 heavy (non-hydrogen) atoms. The number of nitrogens with zero attached hydrogens (tertiary/aromatic N) is 4. The van der Waals surface area contributed by atoms with Crippen LogP contribution in [-0.4, -0.2) is 34.4 Å². The summed E-state index contributed by atoms with van der Waals surface area (Å²) in [5.74, 6) is 0.561. The lowest BCUT2D eigenvalue weighted by Gasteiger charge is -2.00. The SMILES string of the molecule is CS(=O)(=O)c1cnn(-c2ncncc2I)c1. The highest BCUT2D eigenvalue weighted by molar-refractivity contribution is 14.1. The van der Waals surface area contributed by atoms with Crippen LogP contribution in [0.25, 0.3) is 5.82 Å². The molecule has 2 heterocycles. The Morgan fingerprint density at radius 2 is 2.12 bits per heavy atom. The van der Waals surface area contributed by atoms with Crippen molar-refractivity contribution in [1.82, 2.24) is 19.7 Å². The molecule has 0 aliphatic heterocycles. The van der Waals surface area contributed by atoms with Gasteiger partial charge in [0.05, 0.1) is 16.0 Å². The first-order valence-corrected chi connectivity index (χ1v) is 7.16. The number of hydrogen-bond donors (Lipinski definition) is 0. The third kappa shape index (κ3) is 2.21. The van der Waals surface area contributed by atoms with Crippen LogP contribution in [0.2, 0.25) is 0 Å². The van der Waals surface area contributed by atoms with Crippen molar-refractivity contribution in [3.63, 3.8) is 0 Å². The van der Waals surface area contributed by atoms with Gasteiger partial charge in [0, 0.05) is 12.5 Å². The molecular formula is C8H7IN4O2S. The minimum atomic E-state index is -3.23. The van der Waals surface area contributed by atoms with Gasteiger partial charge in [-0.15, -0.1) is 0 Å². The van der Waals surface area contributed by atoms with Crippen molar-refractivity contribution in [3.05, 3.63) is 28.5 Å². The maximum Gasteiger partial charge on any atom is 0.178 e. The molecule has 84 valence electrons. The van der Waals surface area contributed by atoms with Gasteiger partial charge in [-0.25, -0.2) is 23.1 Å². The van der Waals surface area contributed by atoms with Crippen LogP contribution in [0.5, 0.6) is 0 Å². The highest BCUT2D eigenvalue weighted by Crippen LogP contribution is 2.14. The smallest absolute Gasteiger partial charge is 0.178 e. The van der Waals surface area contributed by atoms with E-state index < -0.39 is 9.84 Å². The fourth-order valence-corrected chi connectivity index (χ4v) is 2.17. The summed E-state index contributed by atoms with van der Waals surface area (Å²) < 4.78 is 24.8. The molecule has 0 aromatic carbocycles. The van der Waals surface area contributed by atoms with Crippen molar-refractivity contribution in [2.24, 2.45) is 0 Å². The van der Waals surface area contributed by atoms with E-state index in [1.54, 1.807) is 6.20 Å². The molecule has 0 saturated carbocycles. The summed E-state index contributed by atoms with van der Waals surface area (Å²) >= 11 is 2.06. The van der Waals surface area contributed by atoms with Crippen molar-refractivity contribution in [1.29, 1.82) is 0 Å². The van der Waals surface area contributed by atoms with Gasteiger partial charge in [0.2, 0.25) is 0 Å². The maximum absolute atomic E-state index is 11.3. The molecule has 2 rings (SSSR count). The highest BCUT2D eigenvalue weighted by Gasteiger charge is 2.12. The van der Waals surface area contributed by atoms with E-state index in [1.165, 1.54) is 23.4 Å². The molecule has 0 fully saturated rings. The second kappa shape index (κ2) is 4.09. The van der Waals surface area contributed by atoms with E-state index in [1.807, 2.05) is 0 Å². The summed E-state index contributed by atoms with van der Waals surface area (Å²) in [6.45, 7) is 0. The highest BCUT2D eigenvalue weighted by atomic mass is 127. The van der Waals surface area contributed by atoms with E-state index >= 15 is 0 Å². The van der Waals surface area contributed by atoms with E-state index in [9.17, 15) is 8.42 Å². The number of rotatable bonds is 2. The van der Waals surface area contributed by atoms with Gasteiger partial charge >= 0.3 is 0 Å². The first-order chi connectivity index (χ1) is 7.48. The fraction of sp³-hybridized carbons (Fsp3) is 0.125. The predicted octanol–water partition coefficient (Wildman–Crippen LogP) is 0.670. The second-order valence-corrected chi connectivity index (χ2v) is 6.26. The van der Waals surface area contributed by atoms with E-state index in [2.05, 4.69) is 37.7 Å². The third-order valence-electron chi connectivity index (χ3n) is 1.85. The lowest BCUT2D eigenvalue weighted by molar-refractivity contribution is 0.602. The molecule has 0 unspecified atom stereocenters. The van der Waals surface area contributed by atoms with E-state index in [4.69, 9.17) is 0 Å². The summed E-state index contributed by atoms with van der Waals surface area (Å²) in [7, 11) is -3.23. The first-order valence-electron chi connectivity index (χ1n) is 4.19. The minimum Gasteiger partial charge on any atom is -0.244 e. The molecule has 0 aliphatic rings. The Kier molecular flexibility index (Phi) is 2.93. The topological polar surface area (TPSA) is 77.7 Å². The lowest BCUT2D eigenvalue weighted by Crippen LogP contribution is -2.01. The molecular weight excluding hydrogens is 343 g/mol. The van der Waals surface area contributed by atoms with Crippen LogP contribution >= 0.6 is 22.6 Å². The molecule has 0 amide bonds. The Morgan fingerprint density at radius 3 is 2.69 bits per heavy atom. The van der Waals surface area contributed by atoms with Crippen LogP contribution in [-0.2, 0) is 9.84 Å². The average molecular weight is 350 g/mol. The fourth-order valence-electron chi connectivity index (χ4n) is 1.09. The van der Waals surface area contributed by atoms with Gasteiger partial charge in [-0.3, -0.25) is 0 Å². The van der Waals surface area contributed by atoms with E-state index in [-0.39, 0.29) is 4.90 Å². The first kappa shape index (κ1) is 11.5. The second-order valence-electron chi connectivity index (χ2n) is 3.09. The van der Waals surface area contributed by atoms with Crippen LogP contribution in [0.3, 0.4) is 0 Å². The molecule has 0 spiro atoms. The average Bonchev–Trinajstić information content (AvgIpc) is 2.66. The molecule has 8 heteroatoms. The van der Waals surface area contributed by atoms with Crippen LogP contribution in [0.4, 0.5) is 0 Å². The quantitative estimate of drug-likeness (QED) is 0.744. The molecule has 6 nitrogen and oxygen atoms in total. The van der Waals surface area contributed by atoms with Crippen LogP contribution < -0.4 is 0 Å². The van der Waals surface area contributed by atoms with Gasteiger partial charge in [-0.05, 0) is 22.6 Å². The third-order valence-corrected chi connectivity index (χ3v) is 3.68. The zero-order valence-electron chi connectivity index (χ0n) is 8.20. The Labute approximate surface area is 106 Å². The van der Waals surface area contributed by atoms with Gasteiger partial charge in [-0.2, -0.15) is 5.10 Å². The van der Waals surface area contributed by atoms with Crippen molar-refractivity contribution >= 4 is 32.4 Å². The van der Waals surface area contributed by atoms with Crippen molar-refractivity contribution < 1.29 is 8.42 Å². The molecule has 2 aromatic rings. The van der Waals surface area contributed by atoms with Crippen LogP contribution in [0.15, 0.2) is 29.8 Å². The van der Waals surface area contributed by atoms with Crippen molar-refractivity contribution in [3.8, 4) is 5.82 Å². The van der Waals surface area contributed by atoms with Crippen LogP contribution in [0.1, 0.15) is 0 Å². The molecule has 0 bridgehead atoms. The summed E-state index contributed by atoms with van der Waals surface area (Å²) in [5, 5.41) is 3.96. The van der Waals surface area contributed by atoms with Gasteiger partial charge in [0.15, 0.2) is 15.7 Å². The molecule has 0 aliphatic carbocycles. The summed E-state index contributed by atoms with van der Waals surface area (Å²) in [6, 6.07) is 0. The Hall–Kier alpha value is -1.03. The molecule has 0 atom stereocenters. The van der Waals surface area contributed by atoms with Gasteiger partial charge in [-0.1, -0.05) is 0 Å². The summed E-state index contributed by atoms with van der Waals surface area (Å²) in [5.41, 5.74) is 0. The molecule has 0 saturated heterocycles. The molecule has 0 radical (unpaired) electrons. The zero-order valence-corrected chi connectivity index (χ0v) is 11.2. The van der Waals surface area contributed by atoms with E-state index in [0.29, 0.717) is 5.82 Å². The number of sulfone groups is 1. The monoisotopic (exact) mass is 350 g/mol. The van der Waals surface area contributed by atoms with Gasteiger partial charge in [0.1, 0.15) is 11.2 Å². The lowest BCUT2D eigenvalue weighted by atomic mass is 10.6. The summed E-state index contributed by atoms with van der Waals surface area (Å²) in [4.78, 5) is 8.05. The van der Waals surface area contributed by atoms with Crippen molar-refractivity contribution in [2.75, 3.05) is 6.26 Å². The van der Waals surface area contributed by atoms with Gasteiger partial charge in [0.25, 0.3) is 0 Å². The maximum atomic E-state index is 11.3. The minimum absolute atomic E-state index is 0.168. The van der Waals surface area contributed by atoms with Crippen molar-refractivity contribution in [2.45, 2.75) is 4.90 Å². The van der Waals surface area contributed by atoms with Gasteiger partial charge < -0.3 is 0 Å². The normalized spacial score (nSPS) is 11.6. The molecule has 0 N–H and O–H groups in total. The number of halogens is 1. The Morgan fingerprint density at radius 1 is 1.38 bits per heavy atom. The predicted molar refractivity (Wildman–Crippen MR) is 65.0 cm³/mol. The largest absolute Gasteiger partial charge is 0.244 e. The van der Waals surface area contributed by atoms with Crippen LogP contribution in [0, 0.1) is 3.57 Å². The zero-order chi connectivity index (χ0) is 11.8. The number of aromatic nitrogens is 4. The molecule has 2 aromatic heterocycles. The summed E-state index contributed by atoms with van der Waals surface area (Å²) in [6.07, 6.45) is 6.89. The van der Waals surface area contributed by atoms with E-state index in [0.717, 1.165) is 9.83 Å². The standard InChI is InChI=1S/C8H7IN4O2S/c1-16(14,15)6-2-12-13(4-6)8-7(9)3-10-5-11-8/h2-5H,1H3.